The van der Waals surface area contributed by atoms with Gasteiger partial charge in [0.2, 0.25) is 0 Å². The van der Waals surface area contributed by atoms with Crippen LogP contribution in [0.5, 0.6) is 0 Å². The Labute approximate surface area is 122 Å². The molecule has 0 aliphatic carbocycles. The van der Waals surface area contributed by atoms with Gasteiger partial charge in [-0.15, -0.1) is 5.10 Å². The van der Waals surface area contributed by atoms with Crippen LogP contribution in [-0.2, 0) is 6.54 Å². The molecule has 1 unspecified atom stereocenters. The number of hydrogen-bond acceptors (Lipinski definition) is 3. The summed E-state index contributed by atoms with van der Waals surface area (Å²) in [5.74, 6) is 0. The van der Waals surface area contributed by atoms with Gasteiger partial charge in [0.25, 0.3) is 0 Å². The topological polar surface area (TPSA) is 59.5 Å². The van der Waals surface area contributed by atoms with Crippen LogP contribution in [0, 0.1) is 13.8 Å². The Morgan fingerprint density at radius 2 is 1.90 bits per heavy atom. The lowest BCUT2D eigenvalue weighted by atomic mass is 10.0. The zero-order chi connectivity index (χ0) is 15.0. The number of rotatable bonds is 3. The van der Waals surface area contributed by atoms with Crippen LogP contribution < -0.4 is 5.69 Å². The molecule has 0 fully saturated rings. The van der Waals surface area contributed by atoms with Crippen LogP contribution in [0.3, 0.4) is 0 Å². The molecule has 0 saturated carbocycles. The first-order valence-corrected chi connectivity index (χ1v) is 6.85. The normalized spacial score (nSPS) is 12.7. The van der Waals surface area contributed by atoms with Gasteiger partial charge in [0, 0.05) is 6.20 Å². The summed E-state index contributed by atoms with van der Waals surface area (Å²) in [7, 11) is 0. The van der Waals surface area contributed by atoms with E-state index in [1.165, 1.54) is 9.08 Å². The van der Waals surface area contributed by atoms with E-state index >= 15 is 0 Å². The third-order valence-electron chi connectivity index (χ3n) is 3.46. The lowest BCUT2D eigenvalue weighted by Gasteiger charge is -2.12. The lowest BCUT2D eigenvalue weighted by Crippen LogP contribution is -2.24. The van der Waals surface area contributed by atoms with Crippen LogP contribution in [0.1, 0.15) is 22.8 Å². The predicted octanol–water partition coefficient (Wildman–Crippen LogP) is 1.85. The fourth-order valence-corrected chi connectivity index (χ4v) is 2.56. The van der Waals surface area contributed by atoms with Gasteiger partial charge in [0.1, 0.15) is 0 Å². The molecule has 3 aromatic rings. The van der Waals surface area contributed by atoms with Crippen LogP contribution >= 0.6 is 0 Å². The first-order valence-electron chi connectivity index (χ1n) is 6.85. The van der Waals surface area contributed by atoms with E-state index in [2.05, 4.69) is 5.10 Å². The highest BCUT2D eigenvalue weighted by Crippen LogP contribution is 2.18. The average Bonchev–Trinajstić information content (AvgIpc) is 2.75. The molecule has 0 bridgehead atoms. The van der Waals surface area contributed by atoms with Gasteiger partial charge in [0.15, 0.2) is 5.65 Å². The number of aromatic nitrogens is 3. The zero-order valence-corrected chi connectivity index (χ0v) is 12.0. The molecule has 0 radical (unpaired) electrons. The predicted molar refractivity (Wildman–Crippen MR) is 80.3 cm³/mol. The highest BCUT2D eigenvalue weighted by Gasteiger charge is 2.13. The molecule has 0 spiro atoms. The molecule has 0 saturated heterocycles. The van der Waals surface area contributed by atoms with Gasteiger partial charge in [-0.1, -0.05) is 35.4 Å². The summed E-state index contributed by atoms with van der Waals surface area (Å²) in [5.41, 5.74) is 3.32. The van der Waals surface area contributed by atoms with Crippen molar-refractivity contribution in [1.82, 2.24) is 14.2 Å². The van der Waals surface area contributed by atoms with E-state index in [9.17, 15) is 9.90 Å². The van der Waals surface area contributed by atoms with Crippen LogP contribution in [0.2, 0.25) is 0 Å². The second-order valence-electron chi connectivity index (χ2n) is 5.33. The van der Waals surface area contributed by atoms with Crippen molar-refractivity contribution in [2.75, 3.05) is 0 Å². The molecular formula is C16H17N3O2. The van der Waals surface area contributed by atoms with Gasteiger partial charge >= 0.3 is 5.69 Å². The molecule has 1 aromatic carbocycles. The average molecular weight is 283 g/mol. The second kappa shape index (κ2) is 5.18. The molecular weight excluding hydrogens is 266 g/mol. The van der Waals surface area contributed by atoms with Crippen LogP contribution in [-0.4, -0.2) is 19.3 Å². The van der Waals surface area contributed by atoms with E-state index in [1.807, 2.05) is 38.1 Å². The maximum Gasteiger partial charge on any atom is 0.350 e. The number of aliphatic hydroxyl groups is 1. The van der Waals surface area contributed by atoms with E-state index in [1.54, 1.807) is 18.3 Å². The smallest absolute Gasteiger partial charge is 0.350 e. The van der Waals surface area contributed by atoms with Crippen molar-refractivity contribution in [3.8, 4) is 0 Å². The molecule has 1 atom stereocenters. The first-order chi connectivity index (χ1) is 10.0. The molecule has 2 aromatic heterocycles. The number of benzene rings is 1. The molecule has 21 heavy (non-hydrogen) atoms. The number of nitrogens with zero attached hydrogens (tertiary/aromatic N) is 3. The molecule has 0 amide bonds. The fraction of sp³-hybridized carbons (Fsp3) is 0.250. The molecule has 0 aliphatic heterocycles. The van der Waals surface area contributed by atoms with E-state index in [-0.39, 0.29) is 12.2 Å². The first kappa shape index (κ1) is 13.6. The maximum atomic E-state index is 12.2. The molecule has 3 rings (SSSR count). The van der Waals surface area contributed by atoms with E-state index in [0.717, 1.165) is 16.7 Å². The highest BCUT2D eigenvalue weighted by molar-refractivity contribution is 5.35. The number of fused-ring (bicyclic) bond motifs is 1. The van der Waals surface area contributed by atoms with Gasteiger partial charge in [0.05, 0.1) is 12.6 Å². The fourth-order valence-electron chi connectivity index (χ4n) is 2.56. The van der Waals surface area contributed by atoms with Gasteiger partial charge in [-0.2, -0.15) is 0 Å². The largest absolute Gasteiger partial charge is 0.386 e. The summed E-state index contributed by atoms with van der Waals surface area (Å²) >= 11 is 0. The molecule has 108 valence electrons. The van der Waals surface area contributed by atoms with Crippen molar-refractivity contribution >= 4 is 5.65 Å². The molecule has 5 heteroatoms. The Morgan fingerprint density at radius 1 is 1.19 bits per heavy atom. The maximum absolute atomic E-state index is 12.2. The van der Waals surface area contributed by atoms with E-state index < -0.39 is 6.10 Å². The summed E-state index contributed by atoms with van der Waals surface area (Å²) < 4.78 is 2.77. The summed E-state index contributed by atoms with van der Waals surface area (Å²) in [4.78, 5) is 12.2. The molecule has 5 nitrogen and oxygen atoms in total. The van der Waals surface area contributed by atoms with Crippen molar-refractivity contribution in [2.24, 2.45) is 0 Å². The lowest BCUT2D eigenvalue weighted by molar-refractivity contribution is 0.150. The van der Waals surface area contributed by atoms with Crippen molar-refractivity contribution in [3.05, 3.63) is 69.8 Å². The number of hydrogen-bond donors (Lipinski definition) is 1. The van der Waals surface area contributed by atoms with Gasteiger partial charge in [-0.05, 0) is 31.5 Å². The third kappa shape index (κ3) is 2.60. The second-order valence-corrected chi connectivity index (χ2v) is 5.33. The van der Waals surface area contributed by atoms with Crippen molar-refractivity contribution in [3.63, 3.8) is 0 Å². The minimum absolute atomic E-state index is 0.142. The van der Waals surface area contributed by atoms with Crippen molar-refractivity contribution in [2.45, 2.75) is 26.5 Å². The zero-order valence-electron chi connectivity index (χ0n) is 12.0. The number of aliphatic hydroxyl groups excluding tert-OH is 1. The Morgan fingerprint density at radius 3 is 2.57 bits per heavy atom. The number of pyridine rings is 1. The summed E-state index contributed by atoms with van der Waals surface area (Å²) in [6.45, 7) is 4.12. The van der Waals surface area contributed by atoms with Crippen LogP contribution in [0.15, 0.2) is 47.4 Å². The van der Waals surface area contributed by atoms with E-state index in [4.69, 9.17) is 0 Å². The van der Waals surface area contributed by atoms with Crippen LogP contribution in [0.25, 0.3) is 5.65 Å². The SMILES string of the molecule is Cc1cc(C)cc(C(O)Cn2nc3ccccn3c2=O)c1. The van der Waals surface area contributed by atoms with Crippen molar-refractivity contribution < 1.29 is 5.11 Å². The standard InChI is InChI=1S/C16H17N3O2/c1-11-7-12(2)9-13(8-11)14(20)10-19-16(21)18-6-4-3-5-15(18)17-19/h3-9,14,20H,10H2,1-2H3. The minimum Gasteiger partial charge on any atom is -0.386 e. The highest BCUT2D eigenvalue weighted by atomic mass is 16.3. The van der Waals surface area contributed by atoms with Gasteiger partial charge < -0.3 is 5.11 Å². The summed E-state index contributed by atoms with van der Waals surface area (Å²) in [5, 5.41) is 14.6. The summed E-state index contributed by atoms with van der Waals surface area (Å²) in [6, 6.07) is 11.3. The summed E-state index contributed by atoms with van der Waals surface area (Å²) in [6.07, 6.45) is 0.913. The van der Waals surface area contributed by atoms with E-state index in [0.29, 0.717) is 5.65 Å². The van der Waals surface area contributed by atoms with Gasteiger partial charge in [-0.3, -0.25) is 4.40 Å². The number of aryl methyl sites for hydroxylation is 2. The molecule has 2 heterocycles. The Kier molecular flexibility index (Phi) is 3.35. The molecule has 1 N–H and O–H groups in total. The van der Waals surface area contributed by atoms with Gasteiger partial charge in [-0.25, -0.2) is 9.48 Å². The molecule has 0 aliphatic rings. The monoisotopic (exact) mass is 283 g/mol. The quantitative estimate of drug-likeness (QED) is 0.798. The van der Waals surface area contributed by atoms with Crippen molar-refractivity contribution in [1.29, 1.82) is 0 Å². The Balaban J connectivity index is 1.94. The Bertz CT molecular complexity index is 828. The Hall–Kier alpha value is -2.40. The van der Waals surface area contributed by atoms with Crippen LogP contribution in [0.4, 0.5) is 0 Å². The third-order valence-corrected chi connectivity index (χ3v) is 3.46. The minimum atomic E-state index is -0.758.